The largest absolute Gasteiger partial charge is 0.283 e. The molecule has 1 saturated heterocycles. The van der Waals surface area contributed by atoms with E-state index >= 15 is 0 Å². The Labute approximate surface area is 183 Å². The zero-order chi connectivity index (χ0) is 20.7. The van der Waals surface area contributed by atoms with Crippen molar-refractivity contribution in [2.24, 2.45) is 4.99 Å². The average Bonchev–Trinajstić information content (AvgIpc) is 3.38. The van der Waals surface area contributed by atoms with E-state index in [2.05, 4.69) is 120 Å². The molecule has 31 heavy (non-hydrogen) atoms. The van der Waals surface area contributed by atoms with Crippen molar-refractivity contribution in [3.8, 4) is 0 Å². The van der Waals surface area contributed by atoms with Crippen LogP contribution in [-0.2, 0) is 18.6 Å². The van der Waals surface area contributed by atoms with E-state index < -0.39 is 0 Å². The second kappa shape index (κ2) is 7.33. The molecule has 0 spiro atoms. The molecular formula is C29H24N2. The molecule has 0 N–H and O–H groups in total. The molecule has 0 radical (unpaired) electrons. The molecule has 4 aromatic carbocycles. The van der Waals surface area contributed by atoms with Crippen LogP contribution in [0, 0.1) is 0 Å². The first-order valence-corrected chi connectivity index (χ1v) is 10.9. The maximum Gasteiger partial charge on any atom is 0.0947 e. The van der Waals surface area contributed by atoms with Gasteiger partial charge < -0.3 is 0 Å². The molecule has 0 bridgehead atoms. The standard InChI is InChI=1S/C29H24N2/c1-4-12-22(13-5-1)20-30-27-25-18-10-11-19-26(25)29(24-16-8-3-9-17-24)28(27)31(29)21-23-14-6-2-7-15-23/h1-19,28H,20-21H2. The van der Waals surface area contributed by atoms with Crippen molar-refractivity contribution in [1.29, 1.82) is 0 Å². The van der Waals surface area contributed by atoms with Crippen LogP contribution in [0.25, 0.3) is 0 Å². The summed E-state index contributed by atoms with van der Waals surface area (Å²) in [7, 11) is 0. The highest BCUT2D eigenvalue weighted by Crippen LogP contribution is 2.62. The van der Waals surface area contributed by atoms with Crippen LogP contribution >= 0.6 is 0 Å². The minimum Gasteiger partial charge on any atom is -0.283 e. The van der Waals surface area contributed by atoms with Gasteiger partial charge >= 0.3 is 0 Å². The van der Waals surface area contributed by atoms with E-state index in [9.17, 15) is 0 Å². The Bertz CT molecular complexity index is 1230. The van der Waals surface area contributed by atoms with Gasteiger partial charge in [0.25, 0.3) is 0 Å². The van der Waals surface area contributed by atoms with Crippen LogP contribution in [0.4, 0.5) is 0 Å². The molecule has 4 aromatic rings. The third-order valence-corrected chi connectivity index (χ3v) is 6.65. The van der Waals surface area contributed by atoms with Gasteiger partial charge in [-0.25, -0.2) is 0 Å². The van der Waals surface area contributed by atoms with E-state index in [1.54, 1.807) is 0 Å². The number of nitrogens with zero attached hydrogens (tertiary/aromatic N) is 2. The van der Waals surface area contributed by atoms with Gasteiger partial charge in [-0.05, 0) is 22.3 Å². The first kappa shape index (κ1) is 18.3. The zero-order valence-corrected chi connectivity index (χ0v) is 17.4. The lowest BCUT2D eigenvalue weighted by molar-refractivity contribution is 0.439. The van der Waals surface area contributed by atoms with Crippen molar-refractivity contribution in [1.82, 2.24) is 4.90 Å². The Morgan fingerprint density at radius 3 is 1.94 bits per heavy atom. The summed E-state index contributed by atoms with van der Waals surface area (Å²) in [6.45, 7) is 1.63. The molecule has 6 rings (SSSR count). The fraction of sp³-hybridized carbons (Fsp3) is 0.138. The minimum atomic E-state index is -0.122. The molecule has 2 nitrogen and oxygen atoms in total. The van der Waals surface area contributed by atoms with Crippen molar-refractivity contribution in [2.75, 3.05) is 0 Å². The summed E-state index contributed by atoms with van der Waals surface area (Å²) in [6, 6.07) is 41.4. The molecule has 2 heteroatoms. The lowest BCUT2D eigenvalue weighted by Gasteiger charge is -2.20. The molecule has 0 saturated carbocycles. The van der Waals surface area contributed by atoms with Gasteiger partial charge in [-0.2, -0.15) is 0 Å². The Balaban J connectivity index is 1.47. The van der Waals surface area contributed by atoms with Crippen LogP contribution in [0.3, 0.4) is 0 Å². The lowest BCUT2D eigenvalue weighted by Crippen LogP contribution is -2.19. The SMILES string of the molecule is c1ccc(CN=C2c3ccccc3C3(c4ccccc4)C2N3Cc2ccccc2)cc1. The van der Waals surface area contributed by atoms with Crippen molar-refractivity contribution < 1.29 is 0 Å². The second-order valence-electron chi connectivity index (χ2n) is 8.38. The average molecular weight is 401 g/mol. The van der Waals surface area contributed by atoms with Gasteiger partial charge in [-0.3, -0.25) is 9.89 Å². The number of aliphatic imine (C=N–C) groups is 1. The van der Waals surface area contributed by atoms with E-state index in [4.69, 9.17) is 4.99 Å². The van der Waals surface area contributed by atoms with Gasteiger partial charge in [0.05, 0.1) is 23.8 Å². The number of benzene rings is 4. The molecular weight excluding hydrogens is 376 g/mol. The summed E-state index contributed by atoms with van der Waals surface area (Å²) in [6.07, 6.45) is 0. The normalized spacial score (nSPS) is 24.6. The Morgan fingerprint density at radius 1 is 0.645 bits per heavy atom. The smallest absolute Gasteiger partial charge is 0.0947 e. The van der Waals surface area contributed by atoms with Gasteiger partial charge in [-0.1, -0.05) is 115 Å². The minimum absolute atomic E-state index is 0.122. The van der Waals surface area contributed by atoms with E-state index in [1.165, 1.54) is 33.5 Å². The molecule has 2 aliphatic rings. The highest BCUT2D eigenvalue weighted by molar-refractivity contribution is 6.14. The van der Waals surface area contributed by atoms with Gasteiger partial charge in [0.1, 0.15) is 0 Å². The first-order valence-electron chi connectivity index (χ1n) is 10.9. The third-order valence-electron chi connectivity index (χ3n) is 6.65. The van der Waals surface area contributed by atoms with Gasteiger partial charge in [0.2, 0.25) is 0 Å². The predicted molar refractivity (Wildman–Crippen MR) is 126 cm³/mol. The molecule has 3 unspecified atom stereocenters. The summed E-state index contributed by atoms with van der Waals surface area (Å²) in [5.41, 5.74) is 7.73. The number of hydrogen-bond donors (Lipinski definition) is 0. The van der Waals surface area contributed by atoms with Gasteiger partial charge in [0.15, 0.2) is 0 Å². The van der Waals surface area contributed by atoms with E-state index in [0.29, 0.717) is 6.54 Å². The van der Waals surface area contributed by atoms with Crippen molar-refractivity contribution in [3.63, 3.8) is 0 Å². The van der Waals surface area contributed by atoms with E-state index in [0.717, 1.165) is 6.54 Å². The highest BCUT2D eigenvalue weighted by atomic mass is 15.4. The van der Waals surface area contributed by atoms with E-state index in [1.807, 2.05) is 0 Å². The third kappa shape index (κ3) is 2.87. The second-order valence-corrected chi connectivity index (χ2v) is 8.38. The van der Waals surface area contributed by atoms with Crippen LogP contribution < -0.4 is 0 Å². The molecule has 1 heterocycles. The molecule has 150 valence electrons. The molecule has 0 aromatic heterocycles. The number of rotatable bonds is 5. The first-order chi connectivity index (χ1) is 15.4. The number of fused-ring (bicyclic) bond motifs is 3. The van der Waals surface area contributed by atoms with Crippen molar-refractivity contribution in [2.45, 2.75) is 24.7 Å². The summed E-state index contributed by atoms with van der Waals surface area (Å²) in [5, 5.41) is 0. The molecule has 1 aliphatic heterocycles. The molecule has 0 amide bonds. The predicted octanol–water partition coefficient (Wildman–Crippen LogP) is 5.82. The fourth-order valence-electron chi connectivity index (χ4n) is 5.28. The summed E-state index contributed by atoms with van der Waals surface area (Å²) in [5.74, 6) is 0. The fourth-order valence-corrected chi connectivity index (χ4v) is 5.28. The monoisotopic (exact) mass is 400 g/mol. The highest BCUT2D eigenvalue weighted by Gasteiger charge is 2.71. The van der Waals surface area contributed by atoms with Gasteiger partial charge in [0, 0.05) is 12.1 Å². The maximum atomic E-state index is 5.19. The molecule has 1 aliphatic carbocycles. The summed E-state index contributed by atoms with van der Waals surface area (Å²) in [4.78, 5) is 7.81. The summed E-state index contributed by atoms with van der Waals surface area (Å²) >= 11 is 0. The van der Waals surface area contributed by atoms with Crippen molar-refractivity contribution >= 4 is 5.71 Å². The maximum absolute atomic E-state index is 5.19. The zero-order valence-electron chi connectivity index (χ0n) is 17.4. The van der Waals surface area contributed by atoms with Crippen LogP contribution in [0.15, 0.2) is 120 Å². The van der Waals surface area contributed by atoms with Crippen LogP contribution in [0.2, 0.25) is 0 Å². The Morgan fingerprint density at radius 2 is 1.23 bits per heavy atom. The quantitative estimate of drug-likeness (QED) is 0.386. The van der Waals surface area contributed by atoms with Gasteiger partial charge in [-0.15, -0.1) is 0 Å². The lowest BCUT2D eigenvalue weighted by atomic mass is 9.91. The Hall–Kier alpha value is -3.49. The molecule has 3 atom stereocenters. The number of hydrogen-bond acceptors (Lipinski definition) is 2. The Kier molecular flexibility index (Phi) is 4.33. The van der Waals surface area contributed by atoms with E-state index in [-0.39, 0.29) is 11.6 Å². The van der Waals surface area contributed by atoms with Crippen LogP contribution in [0.5, 0.6) is 0 Å². The van der Waals surface area contributed by atoms with Crippen molar-refractivity contribution in [3.05, 3.63) is 143 Å². The summed E-state index contributed by atoms with van der Waals surface area (Å²) < 4.78 is 0. The molecule has 1 fully saturated rings. The van der Waals surface area contributed by atoms with Crippen LogP contribution in [0.1, 0.15) is 27.8 Å². The van der Waals surface area contributed by atoms with Crippen LogP contribution in [-0.4, -0.2) is 16.7 Å². The topological polar surface area (TPSA) is 15.4 Å².